The first-order valence-electron chi connectivity index (χ1n) is 5.23. The van der Waals surface area contributed by atoms with Crippen molar-refractivity contribution in [2.75, 3.05) is 0 Å². The number of aromatic nitrogens is 2. The molecule has 1 aliphatic rings. The molecule has 1 heterocycles. The summed E-state index contributed by atoms with van der Waals surface area (Å²) in [6.45, 7) is 1.95. The number of carbonyl (C=O) groups is 1. The number of nitrogens with zero attached hydrogens (tertiary/aromatic N) is 2. The van der Waals surface area contributed by atoms with E-state index in [0.29, 0.717) is 5.78 Å². The van der Waals surface area contributed by atoms with Crippen LogP contribution in [0.15, 0.2) is 6.20 Å². The fourth-order valence-electron chi connectivity index (χ4n) is 2.15. The predicted octanol–water partition coefficient (Wildman–Crippen LogP) is 2.10. The van der Waals surface area contributed by atoms with Crippen LogP contribution in [0.2, 0.25) is 0 Å². The molecular formula is C11H16N2O. The molecule has 1 saturated carbocycles. The molecule has 0 spiro atoms. The number of rotatable bonds is 2. The van der Waals surface area contributed by atoms with Gasteiger partial charge in [0.25, 0.3) is 0 Å². The fraction of sp³-hybridized carbons (Fsp3) is 0.636. The van der Waals surface area contributed by atoms with Gasteiger partial charge in [0.15, 0.2) is 5.78 Å². The summed E-state index contributed by atoms with van der Waals surface area (Å²) in [6.07, 6.45) is 6.24. The summed E-state index contributed by atoms with van der Waals surface area (Å²) in [5.41, 5.74) is 1.81. The van der Waals surface area contributed by atoms with Crippen molar-refractivity contribution in [3.05, 3.63) is 17.5 Å². The van der Waals surface area contributed by atoms with E-state index in [1.165, 1.54) is 12.8 Å². The second-order valence-electron chi connectivity index (χ2n) is 4.11. The summed E-state index contributed by atoms with van der Waals surface area (Å²) in [5, 5.41) is 4.10. The number of aryl methyl sites for hydroxylation is 1. The van der Waals surface area contributed by atoms with Crippen molar-refractivity contribution in [1.82, 2.24) is 9.78 Å². The molecule has 0 aliphatic heterocycles. The van der Waals surface area contributed by atoms with Gasteiger partial charge in [0.2, 0.25) is 0 Å². The lowest BCUT2D eigenvalue weighted by molar-refractivity contribution is 0.0922. The lowest BCUT2D eigenvalue weighted by Gasteiger charge is -2.06. The van der Waals surface area contributed by atoms with Crippen LogP contribution in [0.4, 0.5) is 0 Å². The van der Waals surface area contributed by atoms with Crippen molar-refractivity contribution in [3.63, 3.8) is 0 Å². The Kier molecular flexibility index (Phi) is 2.40. The topological polar surface area (TPSA) is 34.9 Å². The van der Waals surface area contributed by atoms with Crippen LogP contribution in [0.5, 0.6) is 0 Å². The van der Waals surface area contributed by atoms with Crippen LogP contribution in [0.1, 0.15) is 41.7 Å². The molecule has 76 valence electrons. The van der Waals surface area contributed by atoms with Gasteiger partial charge in [-0.3, -0.25) is 9.48 Å². The highest BCUT2D eigenvalue weighted by molar-refractivity contribution is 5.98. The average molecular weight is 192 g/mol. The minimum absolute atomic E-state index is 0.262. The Bertz CT molecular complexity index is 348. The molecular weight excluding hydrogens is 176 g/mol. The second kappa shape index (κ2) is 3.56. The maximum absolute atomic E-state index is 12.0. The standard InChI is InChI=1S/C11H16N2O/c1-8-10(7-12-13(8)2)11(14)9-5-3-4-6-9/h7,9H,3-6H2,1-2H3. The molecule has 14 heavy (non-hydrogen) atoms. The maximum Gasteiger partial charge on any atom is 0.169 e. The van der Waals surface area contributed by atoms with Crippen LogP contribution in [-0.2, 0) is 7.05 Å². The highest BCUT2D eigenvalue weighted by Gasteiger charge is 2.25. The van der Waals surface area contributed by atoms with E-state index in [4.69, 9.17) is 0 Å². The van der Waals surface area contributed by atoms with Crippen molar-refractivity contribution < 1.29 is 4.79 Å². The summed E-state index contributed by atoms with van der Waals surface area (Å²) >= 11 is 0. The van der Waals surface area contributed by atoms with Gasteiger partial charge in [-0.05, 0) is 19.8 Å². The highest BCUT2D eigenvalue weighted by Crippen LogP contribution is 2.28. The molecule has 3 nitrogen and oxygen atoms in total. The number of Topliss-reactive ketones (excluding diaryl/α,β-unsaturated/α-hetero) is 1. The van der Waals surface area contributed by atoms with E-state index < -0.39 is 0 Å². The molecule has 0 aromatic carbocycles. The first-order valence-corrected chi connectivity index (χ1v) is 5.23. The fourth-order valence-corrected chi connectivity index (χ4v) is 2.15. The van der Waals surface area contributed by atoms with Gasteiger partial charge in [-0.25, -0.2) is 0 Å². The summed E-state index contributed by atoms with van der Waals surface area (Å²) in [5.74, 6) is 0.561. The van der Waals surface area contributed by atoms with E-state index in [9.17, 15) is 4.79 Å². The largest absolute Gasteiger partial charge is 0.294 e. The molecule has 0 unspecified atom stereocenters. The van der Waals surface area contributed by atoms with Gasteiger partial charge in [0.05, 0.1) is 11.8 Å². The van der Waals surface area contributed by atoms with E-state index in [2.05, 4.69) is 5.10 Å². The van der Waals surface area contributed by atoms with Crippen LogP contribution in [0.25, 0.3) is 0 Å². The molecule has 1 aromatic rings. The molecule has 1 fully saturated rings. The minimum atomic E-state index is 0.262. The molecule has 0 N–H and O–H groups in total. The van der Waals surface area contributed by atoms with E-state index in [1.807, 2.05) is 14.0 Å². The Labute approximate surface area is 84.1 Å². The first kappa shape index (κ1) is 9.44. The number of carbonyl (C=O) groups excluding carboxylic acids is 1. The zero-order chi connectivity index (χ0) is 10.1. The molecule has 1 aromatic heterocycles. The number of hydrogen-bond donors (Lipinski definition) is 0. The number of hydrogen-bond acceptors (Lipinski definition) is 2. The van der Waals surface area contributed by atoms with Crippen molar-refractivity contribution >= 4 is 5.78 Å². The Hall–Kier alpha value is -1.12. The maximum atomic E-state index is 12.0. The predicted molar refractivity (Wildman–Crippen MR) is 54.2 cm³/mol. The average Bonchev–Trinajstić information content (AvgIpc) is 2.77. The molecule has 0 saturated heterocycles. The lowest BCUT2D eigenvalue weighted by atomic mass is 9.97. The minimum Gasteiger partial charge on any atom is -0.294 e. The van der Waals surface area contributed by atoms with E-state index in [1.54, 1.807) is 10.9 Å². The third kappa shape index (κ3) is 1.47. The van der Waals surface area contributed by atoms with Crippen molar-refractivity contribution in [2.24, 2.45) is 13.0 Å². The smallest absolute Gasteiger partial charge is 0.169 e. The zero-order valence-corrected chi connectivity index (χ0v) is 8.79. The molecule has 0 radical (unpaired) electrons. The Morgan fingerprint density at radius 1 is 1.50 bits per heavy atom. The second-order valence-corrected chi connectivity index (χ2v) is 4.11. The van der Waals surface area contributed by atoms with Crippen LogP contribution in [-0.4, -0.2) is 15.6 Å². The van der Waals surface area contributed by atoms with Crippen LogP contribution >= 0.6 is 0 Å². The van der Waals surface area contributed by atoms with Crippen molar-refractivity contribution in [2.45, 2.75) is 32.6 Å². The molecule has 0 atom stereocenters. The lowest BCUT2D eigenvalue weighted by Crippen LogP contribution is -2.11. The van der Waals surface area contributed by atoms with Gasteiger partial charge in [-0.15, -0.1) is 0 Å². The summed E-state index contributed by atoms with van der Waals surface area (Å²) in [7, 11) is 1.88. The Morgan fingerprint density at radius 2 is 2.14 bits per heavy atom. The highest BCUT2D eigenvalue weighted by atomic mass is 16.1. The summed E-state index contributed by atoms with van der Waals surface area (Å²) < 4.78 is 1.77. The van der Waals surface area contributed by atoms with Gasteiger partial charge in [0, 0.05) is 18.7 Å². The van der Waals surface area contributed by atoms with Gasteiger partial charge < -0.3 is 0 Å². The SMILES string of the molecule is Cc1c(C(=O)C2CCCC2)cnn1C. The van der Waals surface area contributed by atoms with Crippen LogP contribution < -0.4 is 0 Å². The summed E-state index contributed by atoms with van der Waals surface area (Å²) in [6, 6.07) is 0. The van der Waals surface area contributed by atoms with Gasteiger partial charge in [-0.1, -0.05) is 12.8 Å². The van der Waals surface area contributed by atoms with E-state index in [-0.39, 0.29) is 5.92 Å². The molecule has 0 bridgehead atoms. The number of ketones is 1. The first-order chi connectivity index (χ1) is 6.70. The van der Waals surface area contributed by atoms with Gasteiger partial charge in [-0.2, -0.15) is 5.10 Å². The van der Waals surface area contributed by atoms with Crippen LogP contribution in [0.3, 0.4) is 0 Å². The van der Waals surface area contributed by atoms with Gasteiger partial charge >= 0.3 is 0 Å². The third-order valence-corrected chi connectivity index (χ3v) is 3.23. The van der Waals surface area contributed by atoms with Crippen LogP contribution in [0, 0.1) is 12.8 Å². The van der Waals surface area contributed by atoms with Crippen molar-refractivity contribution in [3.8, 4) is 0 Å². The van der Waals surface area contributed by atoms with Gasteiger partial charge in [0.1, 0.15) is 0 Å². The molecule has 1 aliphatic carbocycles. The van der Waals surface area contributed by atoms with E-state index in [0.717, 1.165) is 24.1 Å². The zero-order valence-electron chi connectivity index (χ0n) is 8.79. The Balaban J connectivity index is 2.22. The Morgan fingerprint density at radius 3 is 2.64 bits per heavy atom. The summed E-state index contributed by atoms with van der Waals surface area (Å²) in [4.78, 5) is 12.0. The molecule has 0 amide bonds. The normalized spacial score (nSPS) is 17.6. The van der Waals surface area contributed by atoms with E-state index >= 15 is 0 Å². The van der Waals surface area contributed by atoms with Crippen molar-refractivity contribution in [1.29, 1.82) is 0 Å². The monoisotopic (exact) mass is 192 g/mol. The molecule has 2 rings (SSSR count). The third-order valence-electron chi connectivity index (χ3n) is 3.23. The molecule has 3 heteroatoms. The quantitative estimate of drug-likeness (QED) is 0.672.